The smallest absolute Gasteiger partial charge is 0.259 e. The first kappa shape index (κ1) is 24.8. The molecule has 0 aliphatic heterocycles. The van der Waals surface area contributed by atoms with Crippen LogP contribution in [0.5, 0.6) is 17.2 Å². The highest BCUT2D eigenvalue weighted by molar-refractivity contribution is 5.87. The number of carbonyl (C=O) groups excluding carboxylic acids is 2. The van der Waals surface area contributed by atoms with Crippen LogP contribution in [0.15, 0.2) is 48.1 Å². The van der Waals surface area contributed by atoms with Gasteiger partial charge in [0.2, 0.25) is 0 Å². The average molecular weight is 466 g/mol. The van der Waals surface area contributed by atoms with E-state index in [1.165, 1.54) is 30.2 Å². The molecule has 8 nitrogen and oxygen atoms in total. The number of aryl methyl sites for hydroxylation is 2. The van der Waals surface area contributed by atoms with Crippen LogP contribution in [0.3, 0.4) is 0 Å². The number of amides is 2. The van der Waals surface area contributed by atoms with E-state index in [0.717, 1.165) is 12.8 Å². The largest absolute Gasteiger partial charge is 0.504 e. The summed E-state index contributed by atoms with van der Waals surface area (Å²) in [4.78, 5) is 24.0. The number of nitrogens with one attached hydrogen (secondary N) is 2. The van der Waals surface area contributed by atoms with Gasteiger partial charge in [0.25, 0.3) is 11.8 Å². The number of ether oxygens (including phenoxy) is 2. The summed E-state index contributed by atoms with van der Waals surface area (Å²) in [5, 5.41) is 16.7. The lowest BCUT2D eigenvalue weighted by Gasteiger charge is -2.16. The van der Waals surface area contributed by atoms with Gasteiger partial charge in [0, 0.05) is 5.56 Å². The number of nitrogens with zero attached hydrogens (tertiary/aromatic N) is 1. The maximum atomic E-state index is 12.0. The van der Waals surface area contributed by atoms with Crippen molar-refractivity contribution in [3.05, 3.63) is 65.2 Å². The molecule has 0 radical (unpaired) electrons. The Morgan fingerprint density at radius 3 is 2.68 bits per heavy atom. The normalized spacial score (nSPS) is 12.6. The van der Waals surface area contributed by atoms with E-state index in [9.17, 15) is 14.7 Å². The van der Waals surface area contributed by atoms with E-state index in [-0.39, 0.29) is 18.9 Å². The Balaban J connectivity index is 1.45. The molecule has 0 heterocycles. The minimum absolute atomic E-state index is 0.0586. The summed E-state index contributed by atoms with van der Waals surface area (Å²) in [6.07, 6.45) is 8.07. The minimum Gasteiger partial charge on any atom is -0.504 e. The summed E-state index contributed by atoms with van der Waals surface area (Å²) in [6, 6.07) is 9.28. The molecule has 2 aromatic rings. The molecule has 0 saturated carbocycles. The Morgan fingerprint density at radius 1 is 1.12 bits per heavy atom. The van der Waals surface area contributed by atoms with Gasteiger partial charge in [-0.15, -0.1) is 6.58 Å². The number of aromatic hydroxyl groups is 1. The molecule has 2 aromatic carbocycles. The first-order chi connectivity index (χ1) is 16.5. The zero-order chi connectivity index (χ0) is 24.3. The molecule has 0 fully saturated rings. The van der Waals surface area contributed by atoms with Crippen molar-refractivity contribution >= 4 is 18.0 Å². The summed E-state index contributed by atoms with van der Waals surface area (Å²) >= 11 is 0. The van der Waals surface area contributed by atoms with Crippen LogP contribution < -0.4 is 20.2 Å². The Hall–Kier alpha value is -3.81. The number of rotatable bonds is 11. The second kappa shape index (κ2) is 12.4. The Labute approximate surface area is 199 Å². The molecule has 0 atom stereocenters. The maximum absolute atomic E-state index is 12.0. The van der Waals surface area contributed by atoms with Crippen molar-refractivity contribution < 1.29 is 24.2 Å². The maximum Gasteiger partial charge on any atom is 0.259 e. The number of phenolic OH excluding ortho intramolecular Hbond substituents is 1. The van der Waals surface area contributed by atoms with Crippen LogP contribution in [0.4, 0.5) is 0 Å². The fraction of sp³-hybridized carbons (Fsp3) is 0.346. The van der Waals surface area contributed by atoms with Crippen molar-refractivity contribution in [1.82, 2.24) is 10.7 Å². The Kier molecular flexibility index (Phi) is 9.08. The van der Waals surface area contributed by atoms with Gasteiger partial charge >= 0.3 is 0 Å². The number of benzene rings is 2. The average Bonchev–Trinajstić information content (AvgIpc) is 2.84. The number of hydrogen-bond acceptors (Lipinski definition) is 6. The van der Waals surface area contributed by atoms with E-state index in [1.807, 2.05) is 19.1 Å². The molecule has 0 unspecified atom stereocenters. The van der Waals surface area contributed by atoms with Crippen LogP contribution >= 0.6 is 0 Å². The highest BCUT2D eigenvalue weighted by atomic mass is 16.5. The van der Waals surface area contributed by atoms with E-state index >= 15 is 0 Å². The van der Waals surface area contributed by atoms with Crippen molar-refractivity contribution in [2.24, 2.45) is 5.10 Å². The Bertz CT molecular complexity index is 1060. The number of fused-ring (bicyclic) bond motifs is 1. The lowest BCUT2D eigenvalue weighted by molar-refractivity contribution is -0.127. The molecule has 1 aliphatic rings. The zero-order valence-electron chi connectivity index (χ0n) is 19.4. The van der Waals surface area contributed by atoms with Gasteiger partial charge in [0.1, 0.15) is 5.75 Å². The lowest BCUT2D eigenvalue weighted by atomic mass is 9.92. The number of allylic oxidation sites excluding steroid dienone is 1. The van der Waals surface area contributed by atoms with Crippen molar-refractivity contribution in [2.75, 3.05) is 19.8 Å². The van der Waals surface area contributed by atoms with Crippen molar-refractivity contribution in [3.8, 4) is 17.2 Å². The van der Waals surface area contributed by atoms with Crippen LogP contribution in [0, 0.1) is 0 Å². The van der Waals surface area contributed by atoms with E-state index < -0.39 is 11.8 Å². The van der Waals surface area contributed by atoms with Crippen LogP contribution in [0.2, 0.25) is 0 Å². The van der Waals surface area contributed by atoms with E-state index in [1.54, 1.807) is 18.2 Å². The van der Waals surface area contributed by atoms with Crippen molar-refractivity contribution in [2.45, 2.75) is 39.0 Å². The minimum atomic E-state index is -0.478. The van der Waals surface area contributed by atoms with Crippen LogP contribution in [0.1, 0.15) is 42.0 Å². The first-order valence-corrected chi connectivity index (χ1v) is 11.4. The molecule has 2 amide bonds. The van der Waals surface area contributed by atoms with Crippen LogP contribution in [0.25, 0.3) is 0 Å². The summed E-state index contributed by atoms with van der Waals surface area (Å²) in [6.45, 7) is 5.50. The lowest BCUT2D eigenvalue weighted by Crippen LogP contribution is -2.37. The molecule has 0 spiro atoms. The predicted molar refractivity (Wildman–Crippen MR) is 131 cm³/mol. The van der Waals surface area contributed by atoms with Gasteiger partial charge in [-0.2, -0.15) is 5.10 Å². The molecular weight excluding hydrogens is 434 g/mol. The monoisotopic (exact) mass is 465 g/mol. The summed E-state index contributed by atoms with van der Waals surface area (Å²) < 4.78 is 11.0. The summed E-state index contributed by atoms with van der Waals surface area (Å²) in [5.41, 5.74) is 6.27. The van der Waals surface area contributed by atoms with Gasteiger partial charge in [-0.3, -0.25) is 9.59 Å². The molecule has 0 saturated heterocycles. The van der Waals surface area contributed by atoms with E-state index in [2.05, 4.69) is 28.5 Å². The fourth-order valence-electron chi connectivity index (χ4n) is 3.74. The van der Waals surface area contributed by atoms with Gasteiger partial charge in [0.05, 0.1) is 19.4 Å². The third kappa shape index (κ3) is 7.10. The molecular formula is C26H31N3O5. The van der Waals surface area contributed by atoms with E-state index in [4.69, 9.17) is 9.47 Å². The summed E-state index contributed by atoms with van der Waals surface area (Å²) in [7, 11) is 0. The number of phenols is 1. The highest BCUT2D eigenvalue weighted by Gasteiger charge is 2.12. The van der Waals surface area contributed by atoms with Gasteiger partial charge in [0.15, 0.2) is 18.1 Å². The first-order valence-electron chi connectivity index (χ1n) is 11.4. The van der Waals surface area contributed by atoms with Crippen LogP contribution in [-0.4, -0.2) is 42.9 Å². The molecule has 3 N–H and O–H groups in total. The molecule has 1 aliphatic carbocycles. The number of hydrogen-bond donors (Lipinski definition) is 3. The predicted octanol–water partition coefficient (Wildman–Crippen LogP) is 3.04. The van der Waals surface area contributed by atoms with Crippen molar-refractivity contribution in [1.29, 1.82) is 0 Å². The molecule has 0 bridgehead atoms. The number of hydrazone groups is 1. The van der Waals surface area contributed by atoms with Crippen molar-refractivity contribution in [3.63, 3.8) is 0 Å². The molecule has 180 valence electrons. The molecule has 34 heavy (non-hydrogen) atoms. The second-order valence-electron chi connectivity index (χ2n) is 7.95. The Morgan fingerprint density at radius 2 is 1.91 bits per heavy atom. The SMILES string of the molecule is C=CCc1cc(/C=N/NC(=O)CNC(=O)COc2ccc3c(c2)CCCC3)cc(OCC)c1O. The molecule has 0 aromatic heterocycles. The number of carbonyl (C=O) groups is 2. The molecule has 3 rings (SSSR count). The fourth-order valence-corrected chi connectivity index (χ4v) is 3.74. The van der Waals surface area contributed by atoms with Gasteiger partial charge in [-0.25, -0.2) is 5.43 Å². The van der Waals surface area contributed by atoms with Gasteiger partial charge in [-0.05, 0) is 80.0 Å². The molecule has 8 heteroatoms. The third-order valence-corrected chi connectivity index (χ3v) is 5.38. The second-order valence-corrected chi connectivity index (χ2v) is 7.95. The topological polar surface area (TPSA) is 109 Å². The van der Waals surface area contributed by atoms with Gasteiger partial charge < -0.3 is 19.9 Å². The van der Waals surface area contributed by atoms with E-state index in [0.29, 0.717) is 35.7 Å². The zero-order valence-corrected chi connectivity index (χ0v) is 19.4. The quantitative estimate of drug-likeness (QED) is 0.269. The third-order valence-electron chi connectivity index (χ3n) is 5.38. The highest BCUT2D eigenvalue weighted by Crippen LogP contribution is 2.32. The standard InChI is InChI=1S/C26H31N3O5/c1-3-7-21-12-18(13-23(26(21)32)33-4-2)15-28-29-24(30)16-27-25(31)17-34-22-11-10-19-8-5-6-9-20(19)14-22/h3,10-15,32H,1,4-9,16-17H2,2H3,(H,27,31)(H,29,30)/b28-15+. The summed E-state index contributed by atoms with van der Waals surface area (Å²) in [5.74, 6) is 0.171. The van der Waals surface area contributed by atoms with Crippen LogP contribution in [-0.2, 0) is 28.9 Å². The van der Waals surface area contributed by atoms with Gasteiger partial charge in [-0.1, -0.05) is 12.1 Å².